The summed E-state index contributed by atoms with van der Waals surface area (Å²) in [5.74, 6) is 0. The van der Waals surface area contributed by atoms with E-state index in [-0.39, 0.29) is 11.6 Å². The summed E-state index contributed by atoms with van der Waals surface area (Å²) in [6.07, 6.45) is 1.60. The Hall–Kier alpha value is -0.880. The standard InChI is InChI=1S/C13H22BrN3O2/c1-8(2)17-11(18)10(14)9(7-15-17)16-12(3,4)13(5,6)19/h7-8,16,19H,1-6H3. The fourth-order valence-corrected chi connectivity index (χ4v) is 1.77. The molecule has 0 aliphatic heterocycles. The Morgan fingerprint density at radius 2 is 1.89 bits per heavy atom. The van der Waals surface area contributed by atoms with E-state index in [1.807, 2.05) is 27.7 Å². The Morgan fingerprint density at radius 1 is 1.37 bits per heavy atom. The molecule has 0 aliphatic rings. The molecule has 0 saturated heterocycles. The minimum atomic E-state index is -0.945. The molecule has 5 nitrogen and oxygen atoms in total. The molecule has 0 bridgehead atoms. The second-order valence-corrected chi connectivity index (χ2v) is 6.82. The van der Waals surface area contributed by atoms with Crippen LogP contribution in [0, 0.1) is 0 Å². The fourth-order valence-electron chi connectivity index (χ4n) is 1.39. The fraction of sp³-hybridized carbons (Fsp3) is 0.692. The van der Waals surface area contributed by atoms with E-state index in [1.165, 1.54) is 4.68 Å². The smallest absolute Gasteiger partial charge is 0.283 e. The van der Waals surface area contributed by atoms with E-state index in [9.17, 15) is 9.90 Å². The molecule has 2 N–H and O–H groups in total. The summed E-state index contributed by atoms with van der Waals surface area (Å²) in [6, 6.07) is 0.000132. The molecule has 0 spiro atoms. The second-order valence-electron chi connectivity index (χ2n) is 6.02. The van der Waals surface area contributed by atoms with Crippen molar-refractivity contribution in [3.8, 4) is 0 Å². The van der Waals surface area contributed by atoms with Crippen molar-refractivity contribution in [1.29, 1.82) is 0 Å². The molecule has 0 saturated carbocycles. The molecule has 1 aromatic heterocycles. The van der Waals surface area contributed by atoms with Gasteiger partial charge in [-0.1, -0.05) is 0 Å². The van der Waals surface area contributed by atoms with Gasteiger partial charge in [0.2, 0.25) is 0 Å². The maximum absolute atomic E-state index is 12.1. The van der Waals surface area contributed by atoms with Crippen molar-refractivity contribution in [3.63, 3.8) is 0 Å². The Morgan fingerprint density at radius 3 is 2.32 bits per heavy atom. The quantitative estimate of drug-likeness (QED) is 0.889. The maximum atomic E-state index is 12.1. The largest absolute Gasteiger partial charge is 0.388 e. The predicted octanol–water partition coefficient (Wildman–Crippen LogP) is 2.55. The van der Waals surface area contributed by atoms with Crippen molar-refractivity contribution in [2.45, 2.75) is 58.7 Å². The zero-order valence-corrected chi connectivity index (χ0v) is 13.9. The van der Waals surface area contributed by atoms with Gasteiger partial charge < -0.3 is 10.4 Å². The first-order valence-electron chi connectivity index (χ1n) is 6.25. The second kappa shape index (κ2) is 5.25. The van der Waals surface area contributed by atoms with Crippen LogP contribution in [0.4, 0.5) is 5.69 Å². The van der Waals surface area contributed by atoms with Gasteiger partial charge in [0.05, 0.1) is 29.1 Å². The topological polar surface area (TPSA) is 67.2 Å². The molecule has 0 amide bonds. The Kier molecular flexibility index (Phi) is 4.47. The van der Waals surface area contributed by atoms with E-state index in [2.05, 4.69) is 26.3 Å². The number of hydrogen-bond donors (Lipinski definition) is 2. The predicted molar refractivity (Wildman–Crippen MR) is 80.6 cm³/mol. The van der Waals surface area contributed by atoms with E-state index in [0.717, 1.165) is 0 Å². The zero-order chi connectivity index (χ0) is 15.0. The van der Waals surface area contributed by atoms with Crippen LogP contribution in [-0.4, -0.2) is 26.0 Å². The molecule has 0 aromatic carbocycles. The van der Waals surface area contributed by atoms with E-state index in [1.54, 1.807) is 20.0 Å². The monoisotopic (exact) mass is 331 g/mol. The molecule has 1 rings (SSSR count). The lowest BCUT2D eigenvalue weighted by Gasteiger charge is -2.39. The molecule has 0 radical (unpaired) electrons. The van der Waals surface area contributed by atoms with Crippen molar-refractivity contribution >= 4 is 21.6 Å². The van der Waals surface area contributed by atoms with E-state index < -0.39 is 11.1 Å². The maximum Gasteiger partial charge on any atom is 0.283 e. The lowest BCUT2D eigenvalue weighted by atomic mass is 9.86. The van der Waals surface area contributed by atoms with Gasteiger partial charge in [-0.15, -0.1) is 0 Å². The number of halogens is 1. The summed E-state index contributed by atoms with van der Waals surface area (Å²) in [6.45, 7) is 11.0. The van der Waals surface area contributed by atoms with Crippen LogP contribution in [0.15, 0.2) is 15.5 Å². The normalized spacial score (nSPS) is 12.9. The summed E-state index contributed by atoms with van der Waals surface area (Å²) in [4.78, 5) is 12.1. The average molecular weight is 332 g/mol. The van der Waals surface area contributed by atoms with Gasteiger partial charge in [-0.25, -0.2) is 4.68 Å². The van der Waals surface area contributed by atoms with Crippen LogP contribution in [0.25, 0.3) is 0 Å². The molecule has 108 valence electrons. The van der Waals surface area contributed by atoms with Gasteiger partial charge in [0.1, 0.15) is 4.47 Å². The van der Waals surface area contributed by atoms with E-state index >= 15 is 0 Å². The third kappa shape index (κ3) is 3.36. The van der Waals surface area contributed by atoms with Crippen molar-refractivity contribution in [3.05, 3.63) is 21.0 Å². The van der Waals surface area contributed by atoms with Crippen molar-refractivity contribution in [1.82, 2.24) is 9.78 Å². The molecular weight excluding hydrogens is 310 g/mol. The van der Waals surface area contributed by atoms with Gasteiger partial charge in [-0.05, 0) is 57.5 Å². The zero-order valence-electron chi connectivity index (χ0n) is 12.3. The molecule has 6 heteroatoms. The van der Waals surface area contributed by atoms with Crippen LogP contribution in [-0.2, 0) is 0 Å². The Balaban J connectivity index is 3.19. The molecule has 1 aromatic rings. The highest BCUT2D eigenvalue weighted by Gasteiger charge is 2.35. The number of aromatic nitrogens is 2. The van der Waals surface area contributed by atoms with Crippen LogP contribution in [0.2, 0.25) is 0 Å². The van der Waals surface area contributed by atoms with Crippen LogP contribution in [0.3, 0.4) is 0 Å². The summed E-state index contributed by atoms with van der Waals surface area (Å²) in [5.41, 5.74) is -1.16. The SMILES string of the molecule is CC(C)n1ncc(NC(C)(C)C(C)(C)O)c(Br)c1=O. The summed E-state index contributed by atoms with van der Waals surface area (Å²) in [7, 11) is 0. The third-order valence-corrected chi connectivity index (χ3v) is 4.18. The minimum absolute atomic E-state index is 0.000132. The molecule has 0 atom stereocenters. The van der Waals surface area contributed by atoms with Crippen LogP contribution in [0.1, 0.15) is 47.6 Å². The summed E-state index contributed by atoms with van der Waals surface area (Å²) >= 11 is 3.30. The first-order valence-corrected chi connectivity index (χ1v) is 7.04. The van der Waals surface area contributed by atoms with Crippen LogP contribution in [0.5, 0.6) is 0 Å². The van der Waals surface area contributed by atoms with Gasteiger partial charge in [0.15, 0.2) is 0 Å². The summed E-state index contributed by atoms with van der Waals surface area (Å²) in [5, 5.41) is 17.4. The number of anilines is 1. The number of nitrogens with zero attached hydrogens (tertiary/aromatic N) is 2. The molecular formula is C13H22BrN3O2. The first-order chi connectivity index (χ1) is 8.47. The highest BCUT2D eigenvalue weighted by Crippen LogP contribution is 2.28. The van der Waals surface area contributed by atoms with Gasteiger partial charge >= 0.3 is 0 Å². The Bertz CT molecular complexity index is 516. The molecule has 0 unspecified atom stereocenters. The molecule has 19 heavy (non-hydrogen) atoms. The molecule has 0 aliphatic carbocycles. The highest BCUT2D eigenvalue weighted by atomic mass is 79.9. The number of hydrogen-bond acceptors (Lipinski definition) is 4. The highest BCUT2D eigenvalue weighted by molar-refractivity contribution is 9.10. The van der Waals surface area contributed by atoms with Crippen molar-refractivity contribution < 1.29 is 5.11 Å². The minimum Gasteiger partial charge on any atom is -0.388 e. The third-order valence-electron chi connectivity index (χ3n) is 3.41. The van der Waals surface area contributed by atoms with Crippen molar-refractivity contribution in [2.24, 2.45) is 0 Å². The van der Waals surface area contributed by atoms with Crippen LogP contribution >= 0.6 is 15.9 Å². The average Bonchev–Trinajstić information content (AvgIpc) is 2.22. The number of rotatable bonds is 4. The van der Waals surface area contributed by atoms with E-state index in [4.69, 9.17) is 0 Å². The lowest BCUT2D eigenvalue weighted by Crippen LogP contribution is -2.51. The van der Waals surface area contributed by atoms with Crippen LogP contribution < -0.4 is 10.9 Å². The molecule has 1 heterocycles. The number of aliphatic hydroxyl groups is 1. The van der Waals surface area contributed by atoms with Crippen molar-refractivity contribution in [2.75, 3.05) is 5.32 Å². The molecule has 0 fully saturated rings. The summed E-state index contributed by atoms with van der Waals surface area (Å²) < 4.78 is 1.83. The lowest BCUT2D eigenvalue weighted by molar-refractivity contribution is 0.0240. The van der Waals surface area contributed by atoms with E-state index in [0.29, 0.717) is 10.2 Å². The van der Waals surface area contributed by atoms with Gasteiger partial charge in [0.25, 0.3) is 5.56 Å². The number of nitrogens with one attached hydrogen (secondary N) is 1. The Labute approximate surface area is 122 Å². The van der Waals surface area contributed by atoms with Gasteiger partial charge in [0, 0.05) is 0 Å². The van der Waals surface area contributed by atoms with Gasteiger partial charge in [-0.3, -0.25) is 4.79 Å². The first kappa shape index (κ1) is 16.2. The van der Waals surface area contributed by atoms with Gasteiger partial charge in [-0.2, -0.15) is 5.10 Å².